The minimum absolute atomic E-state index is 0.203. The number of fused-ring (bicyclic) bond motifs is 1. The van der Waals surface area contributed by atoms with Gasteiger partial charge in [0.05, 0.1) is 40.1 Å². The van der Waals surface area contributed by atoms with Gasteiger partial charge in [-0.25, -0.2) is 9.79 Å². The van der Waals surface area contributed by atoms with Gasteiger partial charge in [-0.3, -0.25) is 9.36 Å². The van der Waals surface area contributed by atoms with E-state index in [1.54, 1.807) is 29.7 Å². The maximum Gasteiger partial charge on any atom is 0.338 e. The number of halogens is 1. The van der Waals surface area contributed by atoms with Crippen LogP contribution in [0.3, 0.4) is 0 Å². The van der Waals surface area contributed by atoms with Crippen LogP contribution in [-0.4, -0.2) is 23.8 Å². The van der Waals surface area contributed by atoms with Gasteiger partial charge in [-0.1, -0.05) is 89.7 Å². The number of carbonyl (C=O) groups excluding carboxylic acids is 1. The molecule has 2 heterocycles. The van der Waals surface area contributed by atoms with Crippen molar-refractivity contribution in [3.63, 3.8) is 0 Å². The van der Waals surface area contributed by atoms with E-state index in [1.807, 2.05) is 73.7 Å². The number of ether oxygens (including phenoxy) is 2. The SMILES string of the molecule is CCOC(=O)C1=C(c2ccccc2)N=c2s/c(=C\c3ccc(OCC)c(Cl)c3)c(=O)n2[C@@H]1c1ccccc1. The van der Waals surface area contributed by atoms with Crippen LogP contribution in [0.1, 0.15) is 36.6 Å². The van der Waals surface area contributed by atoms with Crippen molar-refractivity contribution in [2.24, 2.45) is 4.99 Å². The first-order chi connectivity index (χ1) is 18.5. The Balaban J connectivity index is 1.77. The Hall–Kier alpha value is -3.94. The van der Waals surface area contributed by atoms with Gasteiger partial charge in [0.1, 0.15) is 5.75 Å². The summed E-state index contributed by atoms with van der Waals surface area (Å²) in [5.74, 6) is 0.0833. The summed E-state index contributed by atoms with van der Waals surface area (Å²) in [6, 6.07) is 23.7. The lowest BCUT2D eigenvalue weighted by atomic mass is 9.93. The lowest BCUT2D eigenvalue weighted by Crippen LogP contribution is -2.39. The fraction of sp³-hybridized carbons (Fsp3) is 0.167. The number of aromatic nitrogens is 1. The molecular weight excluding hydrogens is 520 g/mol. The Labute approximate surface area is 228 Å². The van der Waals surface area contributed by atoms with Crippen LogP contribution in [0.15, 0.2) is 94.2 Å². The molecule has 0 fully saturated rings. The predicted molar refractivity (Wildman–Crippen MR) is 150 cm³/mol. The third-order valence-corrected chi connectivity index (χ3v) is 7.32. The molecule has 3 aromatic carbocycles. The number of esters is 1. The lowest BCUT2D eigenvalue weighted by Gasteiger charge is -2.25. The summed E-state index contributed by atoms with van der Waals surface area (Å²) in [6.45, 7) is 4.36. The molecule has 0 aliphatic carbocycles. The molecule has 0 unspecified atom stereocenters. The first-order valence-corrected chi connectivity index (χ1v) is 13.5. The molecule has 0 N–H and O–H groups in total. The molecule has 1 atom stereocenters. The zero-order valence-electron chi connectivity index (χ0n) is 20.9. The minimum Gasteiger partial charge on any atom is -0.492 e. The molecule has 1 aliphatic heterocycles. The third kappa shape index (κ3) is 4.95. The van der Waals surface area contributed by atoms with E-state index in [9.17, 15) is 9.59 Å². The Morgan fingerprint density at radius 2 is 1.74 bits per heavy atom. The van der Waals surface area contributed by atoms with Gasteiger partial charge in [-0.2, -0.15) is 0 Å². The highest BCUT2D eigenvalue weighted by Crippen LogP contribution is 2.35. The second-order valence-corrected chi connectivity index (χ2v) is 9.88. The summed E-state index contributed by atoms with van der Waals surface area (Å²) in [5, 5.41) is 0.464. The van der Waals surface area contributed by atoms with Crippen LogP contribution >= 0.6 is 22.9 Å². The maximum atomic E-state index is 13.9. The highest BCUT2D eigenvalue weighted by Gasteiger charge is 2.35. The second-order valence-electron chi connectivity index (χ2n) is 8.47. The van der Waals surface area contributed by atoms with Crippen molar-refractivity contribution < 1.29 is 14.3 Å². The van der Waals surface area contributed by atoms with Gasteiger partial charge in [0.2, 0.25) is 0 Å². The number of hydrogen-bond donors (Lipinski definition) is 0. The maximum absolute atomic E-state index is 13.9. The van der Waals surface area contributed by atoms with Crippen molar-refractivity contribution in [1.82, 2.24) is 4.57 Å². The standard InChI is InChI=1S/C30H25ClN2O4S/c1-3-36-23-16-15-19(17-22(23)31)18-24-28(34)33-27(21-13-9-6-10-14-21)25(29(35)37-4-2)26(32-30(33)38-24)20-11-7-5-8-12-20/h5-18,27H,3-4H2,1-2H3/b24-18-/t27-/m1/s1. The Kier molecular flexibility index (Phi) is 7.58. The normalized spacial score (nSPS) is 15.1. The van der Waals surface area contributed by atoms with E-state index in [0.717, 1.165) is 16.7 Å². The molecule has 0 radical (unpaired) electrons. The molecule has 5 rings (SSSR count). The fourth-order valence-corrected chi connectivity index (χ4v) is 5.67. The predicted octanol–water partition coefficient (Wildman–Crippen LogP) is 4.99. The summed E-state index contributed by atoms with van der Waals surface area (Å²) in [5.41, 5.74) is 2.89. The number of rotatable bonds is 7. The van der Waals surface area contributed by atoms with Crippen molar-refractivity contribution in [3.05, 3.63) is 126 Å². The fourth-order valence-electron chi connectivity index (χ4n) is 4.42. The number of hydrogen-bond acceptors (Lipinski definition) is 6. The van der Waals surface area contributed by atoms with Crippen molar-refractivity contribution in [1.29, 1.82) is 0 Å². The van der Waals surface area contributed by atoms with Gasteiger partial charge in [0, 0.05) is 5.56 Å². The van der Waals surface area contributed by atoms with Crippen molar-refractivity contribution in [3.8, 4) is 5.75 Å². The number of thiazole rings is 1. The van der Waals surface area contributed by atoms with Crippen LogP contribution in [0.5, 0.6) is 5.75 Å². The topological polar surface area (TPSA) is 69.9 Å². The van der Waals surface area contributed by atoms with Gasteiger partial charge in [0.15, 0.2) is 4.80 Å². The smallest absolute Gasteiger partial charge is 0.338 e. The largest absolute Gasteiger partial charge is 0.492 e. The molecule has 38 heavy (non-hydrogen) atoms. The average Bonchev–Trinajstić information content (AvgIpc) is 3.24. The lowest BCUT2D eigenvalue weighted by molar-refractivity contribution is -0.138. The van der Waals surface area contributed by atoms with Crippen LogP contribution in [0.25, 0.3) is 11.8 Å². The van der Waals surface area contributed by atoms with Crippen LogP contribution in [0.2, 0.25) is 5.02 Å². The van der Waals surface area contributed by atoms with Crippen LogP contribution in [0.4, 0.5) is 0 Å². The van der Waals surface area contributed by atoms with Crippen LogP contribution in [0, 0.1) is 0 Å². The summed E-state index contributed by atoms with van der Waals surface area (Å²) in [7, 11) is 0. The van der Waals surface area contributed by atoms with E-state index < -0.39 is 12.0 Å². The van der Waals surface area contributed by atoms with E-state index in [2.05, 4.69) is 0 Å². The summed E-state index contributed by atoms with van der Waals surface area (Å²) in [6.07, 6.45) is 1.78. The highest BCUT2D eigenvalue weighted by atomic mass is 35.5. The van der Waals surface area contributed by atoms with Gasteiger partial charge in [0.25, 0.3) is 5.56 Å². The molecule has 8 heteroatoms. The van der Waals surface area contributed by atoms with E-state index >= 15 is 0 Å². The van der Waals surface area contributed by atoms with E-state index in [-0.39, 0.29) is 12.2 Å². The Morgan fingerprint density at radius 1 is 1.03 bits per heavy atom. The Morgan fingerprint density at radius 3 is 2.39 bits per heavy atom. The number of carbonyl (C=O) groups is 1. The van der Waals surface area contributed by atoms with Crippen LogP contribution < -0.4 is 19.6 Å². The molecule has 0 spiro atoms. The van der Waals surface area contributed by atoms with Crippen molar-refractivity contribution in [2.75, 3.05) is 13.2 Å². The number of benzene rings is 3. The zero-order chi connectivity index (χ0) is 26.6. The van der Waals surface area contributed by atoms with E-state index in [1.165, 1.54) is 11.3 Å². The number of nitrogens with zero attached hydrogens (tertiary/aromatic N) is 2. The van der Waals surface area contributed by atoms with Gasteiger partial charge in [-0.05, 0) is 43.2 Å². The van der Waals surface area contributed by atoms with Gasteiger partial charge >= 0.3 is 5.97 Å². The second kappa shape index (κ2) is 11.2. The molecule has 0 bridgehead atoms. The molecule has 1 aromatic heterocycles. The molecule has 4 aromatic rings. The zero-order valence-corrected chi connectivity index (χ0v) is 22.5. The minimum atomic E-state index is -0.701. The summed E-state index contributed by atoms with van der Waals surface area (Å²) in [4.78, 5) is 32.6. The molecule has 1 aliphatic rings. The summed E-state index contributed by atoms with van der Waals surface area (Å²) < 4.78 is 13.1. The summed E-state index contributed by atoms with van der Waals surface area (Å²) >= 11 is 7.66. The van der Waals surface area contributed by atoms with Crippen molar-refractivity contribution >= 4 is 40.7 Å². The molecular formula is C30H25ClN2O4S. The van der Waals surface area contributed by atoms with Gasteiger partial charge in [-0.15, -0.1) is 0 Å². The third-order valence-electron chi connectivity index (χ3n) is 6.04. The molecule has 0 saturated carbocycles. The molecule has 192 valence electrons. The molecule has 0 amide bonds. The first-order valence-electron chi connectivity index (χ1n) is 12.3. The average molecular weight is 545 g/mol. The monoisotopic (exact) mass is 544 g/mol. The molecule has 6 nitrogen and oxygen atoms in total. The van der Waals surface area contributed by atoms with Gasteiger partial charge < -0.3 is 9.47 Å². The quantitative estimate of drug-likeness (QED) is 0.307. The molecule has 0 saturated heterocycles. The van der Waals surface area contributed by atoms with Crippen molar-refractivity contribution in [2.45, 2.75) is 19.9 Å². The van der Waals surface area contributed by atoms with E-state index in [4.69, 9.17) is 26.1 Å². The first kappa shape index (κ1) is 25.7. The van der Waals surface area contributed by atoms with E-state index in [0.29, 0.717) is 38.0 Å². The van der Waals surface area contributed by atoms with Crippen LogP contribution in [-0.2, 0) is 9.53 Å². The Bertz CT molecular complexity index is 1690. The highest BCUT2D eigenvalue weighted by molar-refractivity contribution is 7.07.